The summed E-state index contributed by atoms with van der Waals surface area (Å²) in [5.41, 5.74) is 0.0484. The van der Waals surface area contributed by atoms with Crippen molar-refractivity contribution in [3.63, 3.8) is 0 Å². The van der Waals surface area contributed by atoms with E-state index >= 15 is 0 Å². The molecule has 0 aliphatic heterocycles. The fourth-order valence-corrected chi connectivity index (χ4v) is 2.54. The normalized spacial score (nSPS) is 16.3. The highest BCUT2D eigenvalue weighted by molar-refractivity contribution is 5.98. The maximum Gasteiger partial charge on any atom is 0.256 e. The second-order valence-corrected chi connectivity index (χ2v) is 5.94. The summed E-state index contributed by atoms with van der Waals surface area (Å²) in [6.45, 7) is 6.83. The zero-order chi connectivity index (χ0) is 16.9. The average Bonchev–Trinajstić information content (AvgIpc) is 3.39. The lowest BCUT2D eigenvalue weighted by molar-refractivity contribution is -0.142. The van der Waals surface area contributed by atoms with Crippen LogP contribution in [0.4, 0.5) is 5.69 Å². The predicted octanol–water partition coefficient (Wildman–Crippen LogP) is 3.49. The Hall–Kier alpha value is -2.06. The highest BCUT2D eigenvalue weighted by Crippen LogP contribution is 2.42. The first-order valence-corrected chi connectivity index (χ1v) is 8.17. The highest BCUT2D eigenvalue weighted by Gasteiger charge is 2.48. The summed E-state index contributed by atoms with van der Waals surface area (Å²) in [7, 11) is 0. The van der Waals surface area contributed by atoms with Crippen LogP contribution in [0.1, 0.15) is 45.6 Å². The van der Waals surface area contributed by atoms with Crippen LogP contribution >= 0.6 is 0 Å². The van der Waals surface area contributed by atoms with Crippen LogP contribution in [0.5, 0.6) is 5.75 Å². The largest absolute Gasteiger partial charge is 0.494 e. The van der Waals surface area contributed by atoms with Crippen molar-refractivity contribution in [3.8, 4) is 11.8 Å². The van der Waals surface area contributed by atoms with Gasteiger partial charge in [0.1, 0.15) is 17.4 Å². The van der Waals surface area contributed by atoms with E-state index in [4.69, 9.17) is 9.47 Å². The Morgan fingerprint density at radius 3 is 2.74 bits per heavy atom. The molecule has 0 saturated heterocycles. The van der Waals surface area contributed by atoms with Gasteiger partial charge in [-0.25, -0.2) is 0 Å². The zero-order valence-corrected chi connectivity index (χ0v) is 14.0. The van der Waals surface area contributed by atoms with Crippen molar-refractivity contribution in [1.82, 2.24) is 0 Å². The lowest BCUT2D eigenvalue weighted by atomic mass is 9.98. The predicted molar refractivity (Wildman–Crippen MR) is 88.3 cm³/mol. The molecular formula is C18H24N2O3. The molecule has 0 spiro atoms. The van der Waals surface area contributed by atoms with Crippen LogP contribution in [0.3, 0.4) is 0 Å². The number of carbonyl (C=O) groups excluding carboxylic acids is 1. The summed E-state index contributed by atoms with van der Waals surface area (Å²) in [5.74, 6) is 0.686. The molecule has 1 amide bonds. The van der Waals surface area contributed by atoms with Crippen LogP contribution in [-0.2, 0) is 9.53 Å². The van der Waals surface area contributed by atoms with Gasteiger partial charge in [-0.2, -0.15) is 5.26 Å². The number of hydrogen-bond donors (Lipinski definition) is 1. The number of carbonyl (C=O) groups is 1. The first kappa shape index (κ1) is 17.3. The zero-order valence-electron chi connectivity index (χ0n) is 14.0. The molecule has 1 aromatic carbocycles. The van der Waals surface area contributed by atoms with E-state index in [0.29, 0.717) is 30.2 Å². The first-order valence-electron chi connectivity index (χ1n) is 8.17. The number of amides is 1. The average molecular weight is 316 g/mol. The third kappa shape index (κ3) is 4.02. The van der Waals surface area contributed by atoms with E-state index in [-0.39, 0.29) is 11.8 Å². The Morgan fingerprint density at radius 2 is 2.17 bits per heavy atom. The van der Waals surface area contributed by atoms with E-state index in [1.165, 1.54) is 0 Å². The van der Waals surface area contributed by atoms with Gasteiger partial charge < -0.3 is 14.8 Å². The molecule has 0 heterocycles. The van der Waals surface area contributed by atoms with Gasteiger partial charge in [-0.15, -0.1) is 0 Å². The number of nitrogens with one attached hydrogen (secondary N) is 1. The van der Waals surface area contributed by atoms with Crippen molar-refractivity contribution in [2.24, 2.45) is 5.92 Å². The minimum absolute atomic E-state index is 0.186. The molecule has 124 valence electrons. The highest BCUT2D eigenvalue weighted by atomic mass is 16.5. The van der Waals surface area contributed by atoms with E-state index < -0.39 is 5.60 Å². The molecule has 1 aromatic rings. The van der Waals surface area contributed by atoms with E-state index in [1.54, 1.807) is 18.2 Å². The van der Waals surface area contributed by atoms with Crippen molar-refractivity contribution < 1.29 is 14.3 Å². The van der Waals surface area contributed by atoms with Gasteiger partial charge in [0.25, 0.3) is 5.91 Å². The van der Waals surface area contributed by atoms with Crippen LogP contribution in [-0.4, -0.2) is 24.7 Å². The molecule has 1 N–H and O–H groups in total. The summed E-state index contributed by atoms with van der Waals surface area (Å²) < 4.78 is 11.2. The van der Waals surface area contributed by atoms with Gasteiger partial charge in [0.05, 0.1) is 17.9 Å². The Balaban J connectivity index is 2.16. The molecule has 0 bridgehead atoms. The molecular weight excluding hydrogens is 292 g/mol. The minimum atomic E-state index is -0.832. The van der Waals surface area contributed by atoms with E-state index in [1.807, 2.05) is 20.8 Å². The van der Waals surface area contributed by atoms with Gasteiger partial charge in [0.2, 0.25) is 0 Å². The molecule has 1 aliphatic rings. The topological polar surface area (TPSA) is 71.3 Å². The number of ether oxygens (including phenoxy) is 2. The SMILES string of the molecule is CCCO[C@](C)(C(=O)Nc1ccc(OCC)cc1C#N)C1CC1. The first-order chi connectivity index (χ1) is 11.0. The molecule has 0 unspecified atom stereocenters. The maximum atomic E-state index is 12.7. The van der Waals surface area contributed by atoms with Crippen LogP contribution in [0.25, 0.3) is 0 Å². The number of nitriles is 1. The van der Waals surface area contributed by atoms with Gasteiger partial charge >= 0.3 is 0 Å². The summed E-state index contributed by atoms with van der Waals surface area (Å²) in [6.07, 6.45) is 2.87. The Bertz CT molecular complexity index is 605. The number of rotatable bonds is 8. The smallest absolute Gasteiger partial charge is 0.256 e. The number of hydrogen-bond acceptors (Lipinski definition) is 4. The van der Waals surface area contributed by atoms with Gasteiger partial charge in [0.15, 0.2) is 0 Å². The molecule has 0 radical (unpaired) electrons. The van der Waals surface area contributed by atoms with Crippen molar-refractivity contribution >= 4 is 11.6 Å². The Labute approximate surface area is 137 Å². The Kier molecular flexibility index (Phi) is 5.62. The fraction of sp³-hybridized carbons (Fsp3) is 0.556. The van der Waals surface area contributed by atoms with Gasteiger partial charge in [-0.3, -0.25) is 4.79 Å². The molecule has 5 nitrogen and oxygen atoms in total. The number of benzene rings is 1. The summed E-state index contributed by atoms with van der Waals surface area (Å²) in [5, 5.41) is 12.2. The van der Waals surface area contributed by atoms with Crippen molar-refractivity contribution in [1.29, 1.82) is 5.26 Å². The molecule has 2 rings (SSSR count). The minimum Gasteiger partial charge on any atom is -0.494 e. The van der Waals surface area contributed by atoms with Crippen LogP contribution in [0, 0.1) is 17.2 Å². The lowest BCUT2D eigenvalue weighted by Crippen LogP contribution is -2.45. The van der Waals surface area contributed by atoms with Crippen molar-refractivity contribution in [3.05, 3.63) is 23.8 Å². The number of nitrogens with zero attached hydrogens (tertiary/aromatic N) is 1. The molecule has 1 fully saturated rings. The maximum absolute atomic E-state index is 12.7. The summed E-state index contributed by atoms with van der Waals surface area (Å²) >= 11 is 0. The van der Waals surface area contributed by atoms with Gasteiger partial charge in [-0.1, -0.05) is 6.92 Å². The van der Waals surface area contributed by atoms with Crippen LogP contribution < -0.4 is 10.1 Å². The summed E-state index contributed by atoms with van der Waals surface area (Å²) in [4.78, 5) is 12.7. The van der Waals surface area contributed by atoms with E-state index in [0.717, 1.165) is 19.3 Å². The standard InChI is InChI=1S/C18H24N2O3/c1-4-10-23-18(3,14-6-7-14)17(21)20-16-9-8-15(22-5-2)11-13(16)12-19/h8-9,11,14H,4-7,10H2,1-3H3,(H,20,21)/t18-/m0/s1. The van der Waals surface area contributed by atoms with E-state index in [9.17, 15) is 10.1 Å². The van der Waals surface area contributed by atoms with Gasteiger partial charge in [0, 0.05) is 6.61 Å². The molecule has 1 aliphatic carbocycles. The molecule has 5 heteroatoms. The third-order valence-corrected chi connectivity index (χ3v) is 4.08. The summed E-state index contributed by atoms with van der Waals surface area (Å²) in [6, 6.07) is 7.20. The van der Waals surface area contributed by atoms with E-state index in [2.05, 4.69) is 11.4 Å². The van der Waals surface area contributed by atoms with Crippen LogP contribution in [0.15, 0.2) is 18.2 Å². The second kappa shape index (κ2) is 7.47. The molecule has 1 atom stereocenters. The lowest BCUT2D eigenvalue weighted by Gasteiger charge is -2.29. The van der Waals surface area contributed by atoms with Crippen molar-refractivity contribution in [2.75, 3.05) is 18.5 Å². The van der Waals surface area contributed by atoms with Crippen molar-refractivity contribution in [2.45, 2.75) is 45.6 Å². The monoisotopic (exact) mass is 316 g/mol. The molecule has 0 aromatic heterocycles. The van der Waals surface area contributed by atoms with Gasteiger partial charge in [-0.05, 0) is 57.2 Å². The fourth-order valence-electron chi connectivity index (χ4n) is 2.54. The number of anilines is 1. The molecule has 1 saturated carbocycles. The molecule has 23 heavy (non-hydrogen) atoms. The third-order valence-electron chi connectivity index (χ3n) is 4.08. The second-order valence-electron chi connectivity index (χ2n) is 5.94. The van der Waals surface area contributed by atoms with Crippen LogP contribution in [0.2, 0.25) is 0 Å². The Morgan fingerprint density at radius 1 is 1.43 bits per heavy atom. The quantitative estimate of drug-likeness (QED) is 0.797.